The normalized spacial score (nSPS) is 10.8. The van der Waals surface area contributed by atoms with Crippen molar-refractivity contribution < 1.29 is 14.3 Å². The fraction of sp³-hybridized carbons (Fsp3) is 0.174. The molecule has 2 aromatic carbocycles. The monoisotopic (exact) mass is 464 g/mol. The summed E-state index contributed by atoms with van der Waals surface area (Å²) in [6.45, 7) is 3.92. The third-order valence-electron chi connectivity index (χ3n) is 4.38. The van der Waals surface area contributed by atoms with E-state index in [2.05, 4.69) is 20.3 Å². The van der Waals surface area contributed by atoms with Gasteiger partial charge >= 0.3 is 5.97 Å². The summed E-state index contributed by atoms with van der Waals surface area (Å²) in [6, 6.07) is 16.9. The summed E-state index contributed by atoms with van der Waals surface area (Å²) in [4.78, 5) is 37.7. The molecule has 7 nitrogen and oxygen atoms in total. The van der Waals surface area contributed by atoms with Gasteiger partial charge in [-0.2, -0.15) is 0 Å². The molecule has 162 valence electrons. The molecule has 0 radical (unpaired) electrons. The number of carbonyl (C=O) groups excluding carboxylic acids is 2. The topological polar surface area (TPSA) is 94.1 Å². The van der Waals surface area contributed by atoms with Crippen molar-refractivity contribution in [1.29, 1.82) is 0 Å². The zero-order valence-electron chi connectivity index (χ0n) is 17.5. The number of ether oxygens (including phenoxy) is 1. The van der Waals surface area contributed by atoms with Gasteiger partial charge in [-0.3, -0.25) is 4.79 Å². The molecule has 0 aliphatic rings. The van der Waals surface area contributed by atoms with Crippen LogP contribution in [0.5, 0.6) is 0 Å². The van der Waals surface area contributed by atoms with Crippen molar-refractivity contribution >= 4 is 50.3 Å². The van der Waals surface area contributed by atoms with Crippen LogP contribution in [0.15, 0.2) is 59.6 Å². The maximum Gasteiger partial charge on any atom is 0.338 e. The Hall–Kier alpha value is -3.30. The number of aryl methyl sites for hydroxylation is 1. The molecule has 0 saturated carbocycles. The van der Waals surface area contributed by atoms with Gasteiger partial charge in [-0.1, -0.05) is 53.4 Å². The standard InChI is InChI=1S/C23H20N4O3S2/c1-3-30-22(29)16-9-10-17-19(11-16)32-23(26-17)27-20(28)13-31-21-12-18(24-14(2)25-21)15-7-5-4-6-8-15/h4-12H,3,13H2,1-2H3,(H,26,27,28). The van der Waals surface area contributed by atoms with E-state index in [1.54, 1.807) is 25.1 Å². The molecule has 2 heterocycles. The van der Waals surface area contributed by atoms with E-state index in [1.165, 1.54) is 23.1 Å². The van der Waals surface area contributed by atoms with Crippen LogP contribution in [0.4, 0.5) is 5.13 Å². The maximum atomic E-state index is 12.5. The molecule has 4 aromatic rings. The summed E-state index contributed by atoms with van der Waals surface area (Å²) in [6.07, 6.45) is 0. The number of nitrogens with zero attached hydrogens (tertiary/aromatic N) is 3. The van der Waals surface area contributed by atoms with Gasteiger partial charge in [0.1, 0.15) is 10.9 Å². The molecule has 0 atom stereocenters. The average Bonchev–Trinajstić information content (AvgIpc) is 3.19. The molecule has 0 saturated heterocycles. The van der Waals surface area contributed by atoms with Crippen molar-refractivity contribution in [2.24, 2.45) is 0 Å². The molecular weight excluding hydrogens is 444 g/mol. The molecule has 1 N–H and O–H groups in total. The molecule has 0 fully saturated rings. The molecule has 0 spiro atoms. The van der Waals surface area contributed by atoms with Crippen LogP contribution in [0.2, 0.25) is 0 Å². The highest BCUT2D eigenvalue weighted by Crippen LogP contribution is 2.28. The second-order valence-corrected chi connectivity index (χ2v) is 8.79. The average molecular weight is 465 g/mol. The molecule has 9 heteroatoms. The Morgan fingerprint density at radius 3 is 2.66 bits per heavy atom. The second kappa shape index (κ2) is 9.88. The third-order valence-corrected chi connectivity index (χ3v) is 6.23. The minimum atomic E-state index is -0.375. The van der Waals surface area contributed by atoms with Crippen molar-refractivity contribution in [3.63, 3.8) is 0 Å². The summed E-state index contributed by atoms with van der Waals surface area (Å²) in [7, 11) is 0. The quantitative estimate of drug-likeness (QED) is 0.234. The van der Waals surface area contributed by atoms with Crippen LogP contribution < -0.4 is 5.32 Å². The number of amides is 1. The molecular formula is C23H20N4O3S2. The predicted octanol–water partition coefficient (Wildman–Crippen LogP) is 4.97. The van der Waals surface area contributed by atoms with Crippen LogP contribution in [0.1, 0.15) is 23.1 Å². The molecule has 4 rings (SSSR count). The summed E-state index contributed by atoms with van der Waals surface area (Å²) in [5.41, 5.74) is 3.00. The minimum absolute atomic E-state index is 0.183. The van der Waals surface area contributed by atoms with Crippen molar-refractivity contribution in [2.75, 3.05) is 17.7 Å². The Kier molecular flexibility index (Phi) is 6.77. The summed E-state index contributed by atoms with van der Waals surface area (Å²) < 4.78 is 5.83. The zero-order chi connectivity index (χ0) is 22.5. The smallest absolute Gasteiger partial charge is 0.338 e. The lowest BCUT2D eigenvalue weighted by molar-refractivity contribution is -0.113. The lowest BCUT2D eigenvalue weighted by atomic mass is 10.1. The Bertz CT molecular complexity index is 1270. The van der Waals surface area contributed by atoms with E-state index in [0.29, 0.717) is 28.6 Å². The first-order chi connectivity index (χ1) is 15.5. The van der Waals surface area contributed by atoms with Crippen LogP contribution in [0.3, 0.4) is 0 Å². The van der Waals surface area contributed by atoms with Gasteiger partial charge in [0.05, 0.1) is 33.8 Å². The van der Waals surface area contributed by atoms with Gasteiger partial charge < -0.3 is 10.1 Å². The van der Waals surface area contributed by atoms with Crippen LogP contribution >= 0.6 is 23.1 Å². The fourth-order valence-corrected chi connectivity index (χ4v) is 4.65. The first-order valence-electron chi connectivity index (χ1n) is 9.93. The largest absolute Gasteiger partial charge is 0.462 e. The van der Waals surface area contributed by atoms with Crippen molar-refractivity contribution in [3.05, 3.63) is 66.0 Å². The van der Waals surface area contributed by atoms with Crippen LogP contribution in [0.25, 0.3) is 21.5 Å². The van der Waals surface area contributed by atoms with Crippen molar-refractivity contribution in [3.8, 4) is 11.3 Å². The fourth-order valence-electron chi connectivity index (χ4n) is 2.99. The first kappa shape index (κ1) is 21.9. The van der Waals surface area contributed by atoms with Crippen molar-refractivity contribution in [1.82, 2.24) is 15.0 Å². The highest BCUT2D eigenvalue weighted by Gasteiger charge is 2.13. The van der Waals surface area contributed by atoms with E-state index in [-0.39, 0.29) is 17.6 Å². The van der Waals surface area contributed by atoms with Crippen LogP contribution in [-0.2, 0) is 9.53 Å². The van der Waals surface area contributed by atoms with E-state index in [0.717, 1.165) is 21.0 Å². The number of thiazole rings is 1. The number of nitrogens with one attached hydrogen (secondary N) is 1. The van der Waals surface area contributed by atoms with Gasteiger partial charge in [-0.15, -0.1) is 0 Å². The Labute approximate surface area is 193 Å². The number of benzene rings is 2. The summed E-state index contributed by atoms with van der Waals surface area (Å²) in [5, 5.41) is 4.04. The van der Waals surface area contributed by atoms with Gasteiger partial charge in [-0.05, 0) is 38.1 Å². The van der Waals surface area contributed by atoms with E-state index < -0.39 is 0 Å². The second-order valence-electron chi connectivity index (χ2n) is 6.76. The molecule has 2 aromatic heterocycles. The number of anilines is 1. The van der Waals surface area contributed by atoms with E-state index in [1.807, 2.05) is 43.3 Å². The number of thioether (sulfide) groups is 1. The maximum absolute atomic E-state index is 12.5. The molecule has 0 unspecified atom stereocenters. The lowest BCUT2D eigenvalue weighted by Crippen LogP contribution is -2.14. The minimum Gasteiger partial charge on any atom is -0.462 e. The number of rotatable bonds is 7. The molecule has 0 aliphatic carbocycles. The number of aromatic nitrogens is 3. The predicted molar refractivity (Wildman–Crippen MR) is 127 cm³/mol. The van der Waals surface area contributed by atoms with Crippen molar-refractivity contribution in [2.45, 2.75) is 18.9 Å². The number of esters is 1. The molecule has 0 bridgehead atoms. The molecule has 0 aliphatic heterocycles. The van der Waals surface area contributed by atoms with Gasteiger partial charge in [0.25, 0.3) is 0 Å². The number of fused-ring (bicyclic) bond motifs is 1. The van der Waals surface area contributed by atoms with E-state index in [9.17, 15) is 9.59 Å². The first-order valence-corrected chi connectivity index (χ1v) is 11.7. The summed E-state index contributed by atoms with van der Waals surface area (Å²) in [5.74, 6) is 0.282. The Balaban J connectivity index is 1.41. The van der Waals surface area contributed by atoms with Gasteiger partial charge in [0.2, 0.25) is 5.91 Å². The third kappa shape index (κ3) is 5.30. The van der Waals surface area contributed by atoms with Crippen LogP contribution in [0, 0.1) is 6.92 Å². The Morgan fingerprint density at radius 1 is 1.06 bits per heavy atom. The summed E-state index contributed by atoms with van der Waals surface area (Å²) >= 11 is 2.66. The highest BCUT2D eigenvalue weighted by atomic mass is 32.2. The molecule has 1 amide bonds. The number of hydrogen-bond acceptors (Lipinski definition) is 8. The number of hydrogen-bond donors (Lipinski definition) is 1. The Morgan fingerprint density at radius 2 is 1.88 bits per heavy atom. The SMILES string of the molecule is CCOC(=O)c1ccc2nc(NC(=O)CSc3cc(-c4ccccc4)nc(C)n3)sc2c1. The van der Waals surface area contributed by atoms with Gasteiger partial charge in [0.15, 0.2) is 5.13 Å². The zero-order valence-corrected chi connectivity index (χ0v) is 19.1. The van der Waals surface area contributed by atoms with Gasteiger partial charge in [0, 0.05) is 5.56 Å². The molecule has 32 heavy (non-hydrogen) atoms. The number of carbonyl (C=O) groups is 2. The van der Waals surface area contributed by atoms with E-state index >= 15 is 0 Å². The lowest BCUT2D eigenvalue weighted by Gasteiger charge is -2.06. The van der Waals surface area contributed by atoms with Crippen LogP contribution in [-0.4, -0.2) is 39.2 Å². The van der Waals surface area contributed by atoms with E-state index in [4.69, 9.17) is 4.74 Å². The highest BCUT2D eigenvalue weighted by molar-refractivity contribution is 7.99. The van der Waals surface area contributed by atoms with Gasteiger partial charge in [-0.25, -0.2) is 19.7 Å².